The normalized spacial score (nSPS) is 9.85. The summed E-state index contributed by atoms with van der Waals surface area (Å²) in [5, 5.41) is 17.8. The molecule has 2 rings (SSSR count). The lowest BCUT2D eigenvalue weighted by Crippen LogP contribution is -2.00. The summed E-state index contributed by atoms with van der Waals surface area (Å²) in [6.45, 7) is 1.61. The first-order chi connectivity index (χ1) is 9.51. The molecule has 0 aliphatic rings. The van der Waals surface area contributed by atoms with Gasteiger partial charge in [0.05, 0.1) is 5.56 Å². The van der Waals surface area contributed by atoms with Crippen LogP contribution in [0.1, 0.15) is 21.6 Å². The first kappa shape index (κ1) is 13.5. The number of aromatic nitrogens is 1. The van der Waals surface area contributed by atoms with Crippen molar-refractivity contribution in [2.45, 2.75) is 6.92 Å². The van der Waals surface area contributed by atoms with Crippen LogP contribution >= 0.6 is 0 Å². The average molecular weight is 272 g/mol. The Morgan fingerprint density at radius 3 is 2.85 bits per heavy atom. The Morgan fingerprint density at radius 1 is 1.45 bits per heavy atom. The number of hydrogen-bond acceptors (Lipinski definition) is 4. The minimum Gasteiger partial charge on any atom is -0.478 e. The molecule has 20 heavy (non-hydrogen) atoms. The van der Waals surface area contributed by atoms with Gasteiger partial charge in [-0.25, -0.2) is 14.2 Å². The molecule has 2 aromatic rings. The summed E-state index contributed by atoms with van der Waals surface area (Å²) in [5.41, 5.74) is 0.185. The fourth-order valence-corrected chi connectivity index (χ4v) is 1.62. The van der Waals surface area contributed by atoms with E-state index in [0.29, 0.717) is 5.69 Å². The van der Waals surface area contributed by atoms with Crippen molar-refractivity contribution in [3.05, 3.63) is 53.0 Å². The highest BCUT2D eigenvalue weighted by Gasteiger charge is 2.12. The number of carbonyl (C=O) groups is 1. The number of aromatic carboxylic acids is 1. The van der Waals surface area contributed by atoms with Gasteiger partial charge in [-0.2, -0.15) is 5.26 Å². The fraction of sp³-hybridized carbons (Fsp3) is 0.0714. The van der Waals surface area contributed by atoms with Crippen molar-refractivity contribution in [3.63, 3.8) is 0 Å². The number of halogens is 1. The summed E-state index contributed by atoms with van der Waals surface area (Å²) in [6.07, 6.45) is 0. The Bertz CT molecular complexity index is 723. The molecule has 1 aromatic carbocycles. The lowest BCUT2D eigenvalue weighted by Gasteiger charge is -2.08. The largest absolute Gasteiger partial charge is 0.478 e. The molecular formula is C14H9FN2O3. The van der Waals surface area contributed by atoms with Gasteiger partial charge in [-0.05, 0) is 25.1 Å². The van der Waals surface area contributed by atoms with Crippen molar-refractivity contribution in [1.29, 1.82) is 5.26 Å². The van der Waals surface area contributed by atoms with Crippen LogP contribution in [0.4, 0.5) is 4.39 Å². The smallest absolute Gasteiger partial charge is 0.335 e. The highest BCUT2D eigenvalue weighted by molar-refractivity contribution is 5.88. The Hall–Kier alpha value is -2.94. The number of aryl methyl sites for hydroxylation is 1. The van der Waals surface area contributed by atoms with E-state index in [9.17, 15) is 9.18 Å². The lowest BCUT2D eigenvalue weighted by atomic mass is 10.2. The molecule has 6 heteroatoms. The van der Waals surface area contributed by atoms with Crippen molar-refractivity contribution in [1.82, 2.24) is 4.98 Å². The van der Waals surface area contributed by atoms with E-state index in [1.807, 2.05) is 0 Å². The van der Waals surface area contributed by atoms with Crippen LogP contribution < -0.4 is 4.74 Å². The minimum absolute atomic E-state index is 0.00223. The average Bonchev–Trinajstić information content (AvgIpc) is 2.38. The molecule has 0 aliphatic carbocycles. The molecule has 0 saturated carbocycles. The first-order valence-electron chi connectivity index (χ1n) is 5.59. The Balaban J connectivity index is 2.43. The maximum atomic E-state index is 13.4. The summed E-state index contributed by atoms with van der Waals surface area (Å²) in [6, 6.07) is 8.22. The number of ether oxygens (including phenoxy) is 1. The maximum Gasteiger partial charge on any atom is 0.335 e. The van der Waals surface area contributed by atoms with Crippen LogP contribution in [0.2, 0.25) is 0 Å². The number of carboxylic acids is 1. The first-order valence-corrected chi connectivity index (χ1v) is 5.59. The third kappa shape index (κ3) is 2.72. The van der Waals surface area contributed by atoms with Gasteiger partial charge in [-0.1, -0.05) is 6.07 Å². The molecule has 1 aromatic heterocycles. The van der Waals surface area contributed by atoms with E-state index < -0.39 is 11.8 Å². The third-order valence-electron chi connectivity index (χ3n) is 2.48. The zero-order chi connectivity index (χ0) is 14.7. The van der Waals surface area contributed by atoms with Crippen molar-refractivity contribution >= 4 is 5.97 Å². The second-order valence-corrected chi connectivity index (χ2v) is 3.97. The zero-order valence-corrected chi connectivity index (χ0v) is 10.4. The minimum atomic E-state index is -1.12. The number of nitrogens with zero attached hydrogens (tertiary/aromatic N) is 2. The quantitative estimate of drug-likeness (QED) is 0.928. The zero-order valence-electron chi connectivity index (χ0n) is 10.4. The van der Waals surface area contributed by atoms with E-state index in [-0.39, 0.29) is 22.8 Å². The van der Waals surface area contributed by atoms with E-state index >= 15 is 0 Å². The topological polar surface area (TPSA) is 83.2 Å². The molecule has 0 fully saturated rings. The molecule has 1 heterocycles. The number of carboxylic acid groups (broad SMARTS) is 1. The molecule has 0 bridgehead atoms. The standard InChI is InChI=1S/C14H9FN2O3/c1-8-5-9(14(18)19)6-13(17-8)20-12-4-2-3-11(15)10(12)7-16/h2-6H,1H3,(H,18,19). The van der Waals surface area contributed by atoms with E-state index in [1.54, 1.807) is 13.0 Å². The van der Waals surface area contributed by atoms with E-state index in [2.05, 4.69) is 4.98 Å². The summed E-state index contributed by atoms with van der Waals surface area (Å²) in [5.74, 6) is -1.86. The van der Waals surface area contributed by atoms with Crippen LogP contribution in [-0.2, 0) is 0 Å². The van der Waals surface area contributed by atoms with Gasteiger partial charge in [-0.3, -0.25) is 0 Å². The van der Waals surface area contributed by atoms with Gasteiger partial charge < -0.3 is 9.84 Å². The van der Waals surface area contributed by atoms with Crippen LogP contribution in [0, 0.1) is 24.1 Å². The second-order valence-electron chi connectivity index (χ2n) is 3.97. The number of nitriles is 1. The van der Waals surface area contributed by atoms with Gasteiger partial charge in [0, 0.05) is 11.8 Å². The molecule has 5 nitrogen and oxygen atoms in total. The highest BCUT2D eigenvalue weighted by atomic mass is 19.1. The van der Waals surface area contributed by atoms with Crippen LogP contribution in [0.5, 0.6) is 11.6 Å². The third-order valence-corrected chi connectivity index (χ3v) is 2.48. The van der Waals surface area contributed by atoms with Crippen molar-refractivity contribution in [2.75, 3.05) is 0 Å². The van der Waals surface area contributed by atoms with Crippen molar-refractivity contribution in [2.24, 2.45) is 0 Å². The van der Waals surface area contributed by atoms with Crippen LogP contribution in [0.15, 0.2) is 30.3 Å². The number of pyridine rings is 1. The molecular weight excluding hydrogens is 263 g/mol. The number of rotatable bonds is 3. The fourth-order valence-electron chi connectivity index (χ4n) is 1.62. The number of benzene rings is 1. The SMILES string of the molecule is Cc1cc(C(=O)O)cc(Oc2cccc(F)c2C#N)n1. The molecule has 1 N–H and O–H groups in total. The molecule has 0 amide bonds. The summed E-state index contributed by atoms with van der Waals surface area (Å²) >= 11 is 0. The second kappa shape index (κ2) is 5.36. The Morgan fingerprint density at radius 2 is 2.20 bits per heavy atom. The Labute approximate surface area is 113 Å². The summed E-state index contributed by atoms with van der Waals surface area (Å²) < 4.78 is 18.7. The van der Waals surface area contributed by atoms with Crippen LogP contribution in [0.25, 0.3) is 0 Å². The highest BCUT2D eigenvalue weighted by Crippen LogP contribution is 2.26. The molecule has 0 atom stereocenters. The lowest BCUT2D eigenvalue weighted by molar-refractivity contribution is 0.0696. The van der Waals surface area contributed by atoms with Crippen LogP contribution in [-0.4, -0.2) is 16.1 Å². The molecule has 100 valence electrons. The summed E-state index contributed by atoms with van der Waals surface area (Å²) in [7, 11) is 0. The molecule has 0 radical (unpaired) electrons. The van der Waals surface area contributed by atoms with Crippen molar-refractivity contribution < 1.29 is 19.0 Å². The molecule has 0 aliphatic heterocycles. The predicted octanol–water partition coefficient (Wildman–Crippen LogP) is 2.89. The summed E-state index contributed by atoms with van der Waals surface area (Å²) in [4.78, 5) is 14.9. The van der Waals surface area contributed by atoms with E-state index in [4.69, 9.17) is 15.1 Å². The maximum absolute atomic E-state index is 13.4. The predicted molar refractivity (Wildman–Crippen MR) is 67.1 cm³/mol. The van der Waals surface area contributed by atoms with Gasteiger partial charge in [0.2, 0.25) is 5.88 Å². The molecule has 0 saturated heterocycles. The monoisotopic (exact) mass is 272 g/mol. The molecule has 0 unspecified atom stereocenters. The van der Waals surface area contributed by atoms with Gasteiger partial charge >= 0.3 is 5.97 Å². The van der Waals surface area contributed by atoms with E-state index in [1.165, 1.54) is 24.3 Å². The van der Waals surface area contributed by atoms with Crippen LogP contribution in [0.3, 0.4) is 0 Å². The van der Waals surface area contributed by atoms with Crippen molar-refractivity contribution in [3.8, 4) is 17.7 Å². The molecule has 0 spiro atoms. The van der Waals surface area contributed by atoms with Gasteiger partial charge in [-0.15, -0.1) is 0 Å². The Kier molecular flexibility index (Phi) is 3.62. The number of hydrogen-bond donors (Lipinski definition) is 1. The van der Waals surface area contributed by atoms with Gasteiger partial charge in [0.25, 0.3) is 0 Å². The van der Waals surface area contributed by atoms with Gasteiger partial charge in [0.15, 0.2) is 0 Å². The van der Waals surface area contributed by atoms with E-state index in [0.717, 1.165) is 6.07 Å². The van der Waals surface area contributed by atoms with Gasteiger partial charge in [0.1, 0.15) is 23.2 Å².